The number of halogens is 2. The van der Waals surface area contributed by atoms with Gasteiger partial charge in [0.1, 0.15) is 0 Å². The predicted octanol–water partition coefficient (Wildman–Crippen LogP) is 4.72. The summed E-state index contributed by atoms with van der Waals surface area (Å²) in [6, 6.07) is 15.5. The molecule has 3 N–H and O–H groups in total. The largest absolute Gasteiger partial charge is 0.504 e. The average Bonchev–Trinajstić information content (AvgIpc) is 2.75. The molecule has 0 aromatic heterocycles. The molecule has 0 aliphatic heterocycles. The van der Waals surface area contributed by atoms with Crippen LogP contribution in [0.5, 0.6) is 11.5 Å². The highest BCUT2D eigenvalue weighted by Crippen LogP contribution is 2.25. The van der Waals surface area contributed by atoms with Gasteiger partial charge in [-0.1, -0.05) is 23.2 Å². The van der Waals surface area contributed by atoms with Crippen molar-refractivity contribution >= 4 is 46.9 Å². The van der Waals surface area contributed by atoms with E-state index in [0.717, 1.165) is 0 Å². The summed E-state index contributed by atoms with van der Waals surface area (Å²) in [6.07, 6.45) is 1.42. The number of hydrazone groups is 1. The van der Waals surface area contributed by atoms with Crippen molar-refractivity contribution < 1.29 is 19.4 Å². The second kappa shape index (κ2) is 9.97. The quantitative estimate of drug-likeness (QED) is 0.368. The van der Waals surface area contributed by atoms with Crippen molar-refractivity contribution in [2.75, 3.05) is 12.4 Å². The molecule has 0 heterocycles. The maximum Gasteiger partial charge on any atom is 0.271 e. The number of benzene rings is 3. The van der Waals surface area contributed by atoms with Gasteiger partial charge in [-0.25, -0.2) is 5.43 Å². The first-order valence-electron chi connectivity index (χ1n) is 8.94. The predicted molar refractivity (Wildman–Crippen MR) is 121 cm³/mol. The van der Waals surface area contributed by atoms with E-state index in [0.29, 0.717) is 27.6 Å². The number of anilines is 1. The number of rotatable bonds is 6. The highest BCUT2D eigenvalue weighted by Gasteiger charge is 2.12. The average molecular weight is 458 g/mol. The van der Waals surface area contributed by atoms with Crippen LogP contribution in [0.25, 0.3) is 0 Å². The molecule has 0 atom stereocenters. The Balaban J connectivity index is 1.60. The monoisotopic (exact) mass is 457 g/mol. The number of phenols is 1. The second-order valence-electron chi connectivity index (χ2n) is 6.29. The molecule has 3 aromatic carbocycles. The van der Waals surface area contributed by atoms with Crippen LogP contribution >= 0.6 is 23.2 Å². The van der Waals surface area contributed by atoms with Crippen LogP contribution in [0.1, 0.15) is 26.3 Å². The number of ether oxygens (including phenoxy) is 1. The third-order valence-electron chi connectivity index (χ3n) is 4.16. The van der Waals surface area contributed by atoms with Gasteiger partial charge in [0.05, 0.1) is 23.9 Å². The van der Waals surface area contributed by atoms with Gasteiger partial charge in [-0.05, 0) is 66.2 Å². The number of carbonyl (C=O) groups is 2. The summed E-state index contributed by atoms with van der Waals surface area (Å²) in [5, 5.41) is 16.9. The standard InChI is InChI=1S/C22H17Cl2N3O4/c1-31-20-10-13(2-9-19(20)28)12-25-27-21(29)14-3-6-16(7-4-14)26-22(30)17-8-5-15(23)11-18(17)24/h2-12,28H,1H3,(H,26,30)(H,27,29)/b25-12-. The van der Waals surface area contributed by atoms with Crippen LogP contribution in [0.15, 0.2) is 65.8 Å². The van der Waals surface area contributed by atoms with Crippen LogP contribution in [0.2, 0.25) is 10.0 Å². The van der Waals surface area contributed by atoms with E-state index in [9.17, 15) is 14.7 Å². The molecule has 0 saturated carbocycles. The minimum atomic E-state index is -0.430. The molecule has 0 fully saturated rings. The molecular formula is C22H17Cl2N3O4. The van der Waals surface area contributed by atoms with Gasteiger partial charge in [-0.15, -0.1) is 0 Å². The Labute approximate surface area is 188 Å². The maximum absolute atomic E-state index is 12.3. The van der Waals surface area contributed by atoms with Gasteiger partial charge in [-0.3, -0.25) is 9.59 Å². The number of hydrogen-bond donors (Lipinski definition) is 3. The minimum Gasteiger partial charge on any atom is -0.504 e. The molecule has 7 nitrogen and oxygen atoms in total. The highest BCUT2D eigenvalue weighted by molar-refractivity contribution is 6.37. The van der Waals surface area contributed by atoms with Gasteiger partial charge in [0, 0.05) is 16.3 Å². The normalized spacial score (nSPS) is 10.7. The fourth-order valence-corrected chi connectivity index (χ4v) is 3.08. The van der Waals surface area contributed by atoms with Gasteiger partial charge in [0.25, 0.3) is 11.8 Å². The number of carbonyl (C=O) groups excluding carboxylic acids is 2. The Morgan fingerprint density at radius 1 is 1.00 bits per heavy atom. The lowest BCUT2D eigenvalue weighted by Gasteiger charge is -2.08. The van der Waals surface area contributed by atoms with Crippen LogP contribution in [0, 0.1) is 0 Å². The van der Waals surface area contributed by atoms with E-state index in [-0.39, 0.29) is 16.3 Å². The van der Waals surface area contributed by atoms with Gasteiger partial charge >= 0.3 is 0 Å². The first-order valence-corrected chi connectivity index (χ1v) is 9.70. The molecule has 0 spiro atoms. The van der Waals surface area contributed by atoms with Crippen molar-refractivity contribution in [1.82, 2.24) is 5.43 Å². The lowest BCUT2D eigenvalue weighted by atomic mass is 10.1. The fourth-order valence-electron chi connectivity index (χ4n) is 2.58. The van der Waals surface area contributed by atoms with Crippen molar-refractivity contribution in [2.45, 2.75) is 0 Å². The molecular weight excluding hydrogens is 441 g/mol. The summed E-state index contributed by atoms with van der Waals surface area (Å²) in [4.78, 5) is 24.6. The summed E-state index contributed by atoms with van der Waals surface area (Å²) in [7, 11) is 1.44. The number of amides is 2. The van der Waals surface area contributed by atoms with E-state index < -0.39 is 11.8 Å². The number of hydrogen-bond acceptors (Lipinski definition) is 5. The number of phenolic OH excluding ortho intramolecular Hbond substituents is 1. The molecule has 0 radical (unpaired) electrons. The van der Waals surface area contributed by atoms with Crippen molar-refractivity contribution in [1.29, 1.82) is 0 Å². The second-order valence-corrected chi connectivity index (χ2v) is 7.13. The maximum atomic E-state index is 12.3. The lowest BCUT2D eigenvalue weighted by molar-refractivity contribution is 0.0954. The Kier molecular flexibility index (Phi) is 7.12. The Morgan fingerprint density at radius 3 is 2.42 bits per heavy atom. The van der Waals surface area contributed by atoms with E-state index in [2.05, 4.69) is 15.8 Å². The number of aromatic hydroxyl groups is 1. The molecule has 31 heavy (non-hydrogen) atoms. The van der Waals surface area contributed by atoms with Gasteiger partial charge in [0.15, 0.2) is 11.5 Å². The fraction of sp³-hybridized carbons (Fsp3) is 0.0455. The molecule has 3 rings (SSSR count). The number of nitrogens with one attached hydrogen (secondary N) is 2. The third kappa shape index (κ3) is 5.75. The Hall–Kier alpha value is -3.55. The van der Waals surface area contributed by atoms with Crippen LogP contribution in [0.4, 0.5) is 5.69 Å². The lowest BCUT2D eigenvalue weighted by Crippen LogP contribution is -2.18. The summed E-state index contributed by atoms with van der Waals surface area (Å²) in [6.45, 7) is 0. The molecule has 0 unspecified atom stereocenters. The first kappa shape index (κ1) is 22.1. The van der Waals surface area contributed by atoms with E-state index >= 15 is 0 Å². The van der Waals surface area contributed by atoms with Crippen molar-refractivity contribution in [3.8, 4) is 11.5 Å². The molecule has 0 aliphatic carbocycles. The van der Waals surface area contributed by atoms with Crippen molar-refractivity contribution in [2.24, 2.45) is 5.10 Å². The molecule has 3 aromatic rings. The summed E-state index contributed by atoms with van der Waals surface area (Å²) in [5.41, 5.74) is 4.17. The minimum absolute atomic E-state index is 0.00852. The zero-order chi connectivity index (χ0) is 22.4. The summed E-state index contributed by atoms with van der Waals surface area (Å²) in [5.74, 6) is -0.518. The van der Waals surface area contributed by atoms with E-state index in [1.165, 1.54) is 31.5 Å². The molecule has 2 amide bonds. The molecule has 0 aliphatic rings. The number of nitrogens with zero attached hydrogens (tertiary/aromatic N) is 1. The van der Waals surface area contributed by atoms with Crippen LogP contribution in [0.3, 0.4) is 0 Å². The molecule has 158 valence electrons. The van der Waals surface area contributed by atoms with E-state index in [4.69, 9.17) is 27.9 Å². The van der Waals surface area contributed by atoms with Gasteiger partial charge < -0.3 is 15.2 Å². The molecule has 9 heteroatoms. The van der Waals surface area contributed by atoms with Crippen LogP contribution in [-0.2, 0) is 0 Å². The summed E-state index contributed by atoms with van der Waals surface area (Å²) < 4.78 is 5.02. The Bertz CT molecular complexity index is 1150. The number of methoxy groups -OCH3 is 1. The zero-order valence-electron chi connectivity index (χ0n) is 16.2. The topological polar surface area (TPSA) is 100 Å². The van der Waals surface area contributed by atoms with Gasteiger partial charge in [-0.2, -0.15) is 5.10 Å². The SMILES string of the molecule is COc1cc(/C=N\NC(=O)c2ccc(NC(=O)c3ccc(Cl)cc3Cl)cc2)ccc1O. The van der Waals surface area contributed by atoms with Crippen molar-refractivity contribution in [3.63, 3.8) is 0 Å². The third-order valence-corrected chi connectivity index (χ3v) is 4.71. The van der Waals surface area contributed by atoms with Crippen LogP contribution in [-0.4, -0.2) is 30.2 Å². The van der Waals surface area contributed by atoms with E-state index in [1.807, 2.05) is 0 Å². The zero-order valence-corrected chi connectivity index (χ0v) is 17.7. The molecule has 0 bridgehead atoms. The van der Waals surface area contributed by atoms with Crippen LogP contribution < -0.4 is 15.5 Å². The smallest absolute Gasteiger partial charge is 0.271 e. The van der Waals surface area contributed by atoms with Gasteiger partial charge in [0.2, 0.25) is 0 Å². The summed E-state index contributed by atoms with van der Waals surface area (Å²) >= 11 is 11.9. The highest BCUT2D eigenvalue weighted by atomic mass is 35.5. The van der Waals surface area contributed by atoms with Crippen molar-refractivity contribution in [3.05, 3.63) is 87.4 Å². The van der Waals surface area contributed by atoms with E-state index in [1.54, 1.807) is 42.5 Å². The molecule has 0 saturated heterocycles. The Morgan fingerprint density at radius 2 is 1.74 bits per heavy atom. The first-order chi connectivity index (χ1) is 14.9.